The lowest BCUT2D eigenvalue weighted by Crippen LogP contribution is -1.85. The van der Waals surface area contributed by atoms with E-state index in [9.17, 15) is 0 Å². The quantitative estimate of drug-likeness (QED) is 0.374. The molecule has 0 bridgehead atoms. The van der Waals surface area contributed by atoms with Crippen LogP contribution in [0.5, 0.6) is 0 Å². The molecular weight excluding hydrogens is 94.0 g/mol. The summed E-state index contributed by atoms with van der Waals surface area (Å²) in [4.78, 5) is 8.11. The topological polar surface area (TPSA) is 49.7 Å². The Kier molecular flexibility index (Phi) is 4.94. The standard InChI is InChI=1S/C4H8.HNO2/c1-2-4-3-1;2-1-3/h1-4H2;(H,2,3). The van der Waals surface area contributed by atoms with E-state index in [0.717, 1.165) is 0 Å². The lowest BCUT2D eigenvalue weighted by molar-refractivity contribution is 0.312. The maximum atomic E-state index is 8.11. The van der Waals surface area contributed by atoms with E-state index in [-0.39, 0.29) is 0 Å². The summed E-state index contributed by atoms with van der Waals surface area (Å²) in [5.41, 5.74) is 0. The van der Waals surface area contributed by atoms with Crippen LogP contribution in [-0.4, -0.2) is 5.21 Å². The van der Waals surface area contributed by atoms with Crippen LogP contribution in [0.2, 0.25) is 0 Å². The van der Waals surface area contributed by atoms with E-state index >= 15 is 0 Å². The van der Waals surface area contributed by atoms with Crippen LogP contribution in [0.25, 0.3) is 0 Å². The molecule has 0 unspecified atom stereocenters. The zero-order chi connectivity index (χ0) is 5.54. The van der Waals surface area contributed by atoms with Crippen molar-refractivity contribution in [2.24, 2.45) is 5.34 Å². The van der Waals surface area contributed by atoms with Gasteiger partial charge in [0.1, 0.15) is 0 Å². The zero-order valence-electron chi connectivity index (χ0n) is 4.13. The highest BCUT2D eigenvalue weighted by molar-refractivity contribution is 4.50. The van der Waals surface area contributed by atoms with Crippen molar-refractivity contribution < 1.29 is 5.21 Å². The fraction of sp³-hybridized carbons (Fsp3) is 1.00. The van der Waals surface area contributed by atoms with Gasteiger partial charge in [-0.2, -0.15) is 0 Å². The number of hydrogen-bond acceptors (Lipinski definition) is 2. The van der Waals surface area contributed by atoms with Gasteiger partial charge >= 0.3 is 0 Å². The number of nitrogens with zero attached hydrogens (tertiary/aromatic N) is 1. The highest BCUT2D eigenvalue weighted by atomic mass is 16.6. The predicted octanol–water partition coefficient (Wildman–Crippen LogP) is 1.70. The van der Waals surface area contributed by atoms with Crippen molar-refractivity contribution in [3.63, 3.8) is 0 Å². The smallest absolute Gasteiger partial charge is 0.152 e. The minimum Gasteiger partial charge on any atom is -0.379 e. The van der Waals surface area contributed by atoms with Gasteiger partial charge < -0.3 is 5.21 Å². The lowest BCUT2D eigenvalue weighted by atomic mass is 10.0. The largest absolute Gasteiger partial charge is 0.379 e. The summed E-state index contributed by atoms with van der Waals surface area (Å²) < 4.78 is 0. The molecule has 1 rings (SSSR count). The van der Waals surface area contributed by atoms with E-state index in [2.05, 4.69) is 0 Å². The van der Waals surface area contributed by atoms with Crippen LogP contribution in [-0.2, 0) is 0 Å². The molecular formula is C4H9NO2. The molecule has 3 nitrogen and oxygen atoms in total. The summed E-state index contributed by atoms with van der Waals surface area (Å²) in [6, 6.07) is 0. The molecule has 0 aliphatic heterocycles. The van der Waals surface area contributed by atoms with Gasteiger partial charge in [0.2, 0.25) is 0 Å². The summed E-state index contributed by atoms with van der Waals surface area (Å²) in [6.45, 7) is 0. The first-order chi connectivity index (χ1) is 3.41. The molecule has 1 fully saturated rings. The van der Waals surface area contributed by atoms with Crippen LogP contribution in [0.3, 0.4) is 0 Å². The van der Waals surface area contributed by atoms with Crippen LogP contribution < -0.4 is 0 Å². The van der Waals surface area contributed by atoms with Crippen molar-refractivity contribution in [3.05, 3.63) is 4.91 Å². The summed E-state index contributed by atoms with van der Waals surface area (Å²) in [5.74, 6) is 0. The van der Waals surface area contributed by atoms with Crippen molar-refractivity contribution in [1.82, 2.24) is 0 Å². The minimum absolute atomic E-state index is 1.25. The van der Waals surface area contributed by atoms with Crippen molar-refractivity contribution in [2.75, 3.05) is 0 Å². The van der Waals surface area contributed by atoms with Crippen molar-refractivity contribution >= 4 is 0 Å². The molecule has 1 saturated carbocycles. The molecule has 0 amide bonds. The Hall–Kier alpha value is -0.600. The molecule has 0 saturated heterocycles. The third-order valence-electron chi connectivity index (χ3n) is 1.000. The van der Waals surface area contributed by atoms with E-state index in [1.165, 1.54) is 31.0 Å². The van der Waals surface area contributed by atoms with Crippen LogP contribution >= 0.6 is 0 Å². The molecule has 42 valence electrons. The summed E-state index contributed by atoms with van der Waals surface area (Å²) in [7, 11) is 0. The molecule has 0 heterocycles. The molecule has 1 N–H and O–H groups in total. The normalized spacial score (nSPS) is 15.4. The van der Waals surface area contributed by atoms with E-state index in [4.69, 9.17) is 10.1 Å². The number of hydrogen-bond donors (Lipinski definition) is 1. The fourth-order valence-corrected chi connectivity index (χ4v) is 0.250. The van der Waals surface area contributed by atoms with E-state index < -0.39 is 0 Å². The molecule has 3 heteroatoms. The third-order valence-corrected chi connectivity index (χ3v) is 1.000. The van der Waals surface area contributed by atoms with Gasteiger partial charge in [0, 0.05) is 0 Å². The molecule has 7 heavy (non-hydrogen) atoms. The SMILES string of the molecule is C1CCC1.O=NO. The number of rotatable bonds is 0. The maximum absolute atomic E-state index is 8.11. The average molecular weight is 103 g/mol. The monoisotopic (exact) mass is 103 g/mol. The second-order valence-electron chi connectivity index (χ2n) is 1.50. The Bertz CT molecular complexity index is 39.0. The van der Waals surface area contributed by atoms with Gasteiger partial charge in [0.05, 0.1) is 0 Å². The predicted molar refractivity (Wildman–Crippen MR) is 26.0 cm³/mol. The van der Waals surface area contributed by atoms with Crippen LogP contribution in [0.1, 0.15) is 25.7 Å². The molecule has 0 aromatic carbocycles. The molecule has 0 radical (unpaired) electrons. The average Bonchev–Trinajstić information content (AvgIpc) is 1.27. The molecule has 1 aliphatic rings. The zero-order valence-corrected chi connectivity index (χ0v) is 4.13. The van der Waals surface area contributed by atoms with Gasteiger partial charge in [-0.1, -0.05) is 25.7 Å². The van der Waals surface area contributed by atoms with Gasteiger partial charge in [-0.3, -0.25) is 0 Å². The van der Waals surface area contributed by atoms with Crippen LogP contribution in [0.4, 0.5) is 0 Å². The maximum Gasteiger partial charge on any atom is 0.152 e. The Morgan fingerprint density at radius 2 is 1.29 bits per heavy atom. The van der Waals surface area contributed by atoms with Crippen LogP contribution in [0, 0.1) is 4.91 Å². The first-order valence-electron chi connectivity index (χ1n) is 2.38. The molecule has 0 aromatic heterocycles. The Morgan fingerprint density at radius 1 is 1.14 bits per heavy atom. The van der Waals surface area contributed by atoms with Crippen molar-refractivity contribution in [1.29, 1.82) is 0 Å². The highest BCUT2D eigenvalue weighted by Crippen LogP contribution is 2.15. The molecule has 0 aromatic rings. The first kappa shape index (κ1) is 6.40. The van der Waals surface area contributed by atoms with Gasteiger partial charge in [-0.05, 0) is 0 Å². The van der Waals surface area contributed by atoms with Crippen LogP contribution in [0.15, 0.2) is 5.34 Å². The third kappa shape index (κ3) is 5.40. The lowest BCUT2D eigenvalue weighted by Gasteiger charge is -2.05. The van der Waals surface area contributed by atoms with E-state index in [1.807, 2.05) is 0 Å². The Morgan fingerprint density at radius 3 is 1.29 bits per heavy atom. The molecule has 0 atom stereocenters. The molecule has 0 spiro atoms. The Labute approximate surface area is 42.3 Å². The van der Waals surface area contributed by atoms with Gasteiger partial charge in [-0.15, -0.1) is 4.91 Å². The summed E-state index contributed by atoms with van der Waals surface area (Å²) in [5, 5.41) is 7.89. The van der Waals surface area contributed by atoms with Gasteiger partial charge in [0.25, 0.3) is 0 Å². The van der Waals surface area contributed by atoms with Gasteiger partial charge in [-0.25, -0.2) is 0 Å². The Balaban J connectivity index is 0.000000110. The fourth-order valence-electron chi connectivity index (χ4n) is 0.250. The second-order valence-corrected chi connectivity index (χ2v) is 1.50. The summed E-state index contributed by atoms with van der Waals surface area (Å²) in [6.07, 6.45) is 6.00. The van der Waals surface area contributed by atoms with Crippen molar-refractivity contribution in [2.45, 2.75) is 25.7 Å². The second kappa shape index (κ2) is 5.40. The van der Waals surface area contributed by atoms with Crippen molar-refractivity contribution in [3.8, 4) is 0 Å². The van der Waals surface area contributed by atoms with Gasteiger partial charge in [0.15, 0.2) is 5.34 Å². The van der Waals surface area contributed by atoms with E-state index in [0.29, 0.717) is 0 Å². The summed E-state index contributed by atoms with van der Waals surface area (Å²) >= 11 is 0. The highest BCUT2D eigenvalue weighted by Gasteiger charge is 1.95. The first-order valence-corrected chi connectivity index (χ1v) is 2.38. The minimum atomic E-state index is 1.25. The van der Waals surface area contributed by atoms with E-state index in [1.54, 1.807) is 0 Å². The molecule has 1 aliphatic carbocycles.